The van der Waals surface area contributed by atoms with Gasteiger partial charge in [-0.2, -0.15) is 4.98 Å². The molecule has 0 atom stereocenters. The summed E-state index contributed by atoms with van der Waals surface area (Å²) >= 11 is 0. The average molecular weight is 177 g/mol. The summed E-state index contributed by atoms with van der Waals surface area (Å²) in [6, 6.07) is 1.76. The highest BCUT2D eigenvalue weighted by atomic mass is 16.3. The Morgan fingerprint density at radius 2 is 1.85 bits per heavy atom. The van der Waals surface area contributed by atoms with Crippen molar-refractivity contribution in [3.8, 4) is 11.8 Å². The van der Waals surface area contributed by atoms with Crippen molar-refractivity contribution in [1.82, 2.24) is 15.0 Å². The molecule has 2 N–H and O–H groups in total. The minimum atomic E-state index is -0.495. The summed E-state index contributed by atoms with van der Waals surface area (Å²) in [6.07, 6.45) is 1.57. The first-order valence-electron chi connectivity index (χ1n) is 3.70. The molecule has 2 heterocycles. The molecule has 0 saturated heterocycles. The summed E-state index contributed by atoms with van der Waals surface area (Å²) in [4.78, 5) is 11.3. The number of aromatic nitrogens is 3. The highest BCUT2D eigenvalue weighted by Gasteiger charge is 2.07. The van der Waals surface area contributed by atoms with Gasteiger partial charge in [0, 0.05) is 6.20 Å². The van der Waals surface area contributed by atoms with E-state index in [0.717, 1.165) is 5.56 Å². The van der Waals surface area contributed by atoms with E-state index in [1.165, 1.54) is 0 Å². The van der Waals surface area contributed by atoms with Gasteiger partial charge in [-0.15, -0.1) is 0 Å². The van der Waals surface area contributed by atoms with Crippen LogP contribution in [0.15, 0.2) is 12.3 Å². The number of aryl methyl sites for hydroxylation is 1. The molecule has 0 saturated carbocycles. The Hall–Kier alpha value is -1.91. The predicted octanol–water partition coefficient (Wildman–Crippen LogP) is 0.744. The summed E-state index contributed by atoms with van der Waals surface area (Å²) in [6.45, 7) is 1.83. The molecule has 0 amide bonds. The molecular formula is C8H7N3O2. The van der Waals surface area contributed by atoms with Crippen molar-refractivity contribution < 1.29 is 10.2 Å². The predicted molar refractivity (Wildman–Crippen MR) is 45.4 cm³/mol. The molecule has 0 bridgehead atoms. The summed E-state index contributed by atoms with van der Waals surface area (Å²) in [7, 11) is 0. The maximum Gasteiger partial charge on any atom is 0.277 e. The van der Waals surface area contributed by atoms with E-state index < -0.39 is 11.8 Å². The summed E-state index contributed by atoms with van der Waals surface area (Å²) in [5.74, 6) is -0.964. The third-order valence-corrected chi connectivity index (χ3v) is 1.74. The average Bonchev–Trinajstić information content (AvgIpc) is 2.09. The van der Waals surface area contributed by atoms with Crippen LogP contribution in [-0.4, -0.2) is 25.2 Å². The number of nitrogens with zero attached hydrogens (tertiary/aromatic N) is 3. The van der Waals surface area contributed by atoms with Crippen molar-refractivity contribution in [3.63, 3.8) is 0 Å². The zero-order valence-corrected chi connectivity index (χ0v) is 6.89. The van der Waals surface area contributed by atoms with Crippen LogP contribution in [0.5, 0.6) is 11.8 Å². The van der Waals surface area contributed by atoms with Crippen LogP contribution in [0.25, 0.3) is 11.2 Å². The highest BCUT2D eigenvalue weighted by molar-refractivity contribution is 5.74. The SMILES string of the molecule is Cc1ccnc2nc(O)c(O)nc12. The minimum Gasteiger partial charge on any atom is -0.489 e. The second kappa shape index (κ2) is 2.55. The Morgan fingerprint density at radius 1 is 1.15 bits per heavy atom. The van der Waals surface area contributed by atoms with E-state index in [1.54, 1.807) is 12.3 Å². The highest BCUT2D eigenvalue weighted by Crippen LogP contribution is 2.22. The van der Waals surface area contributed by atoms with Gasteiger partial charge >= 0.3 is 0 Å². The summed E-state index contributed by atoms with van der Waals surface area (Å²) in [5, 5.41) is 18.1. The molecule has 0 aliphatic rings. The Morgan fingerprint density at radius 3 is 2.62 bits per heavy atom. The second-order valence-electron chi connectivity index (χ2n) is 2.67. The third-order valence-electron chi connectivity index (χ3n) is 1.74. The van der Waals surface area contributed by atoms with Crippen LogP contribution >= 0.6 is 0 Å². The van der Waals surface area contributed by atoms with Crippen molar-refractivity contribution in [3.05, 3.63) is 17.8 Å². The lowest BCUT2D eigenvalue weighted by Gasteiger charge is -2.00. The minimum absolute atomic E-state index is 0.329. The van der Waals surface area contributed by atoms with E-state index in [1.807, 2.05) is 6.92 Å². The monoisotopic (exact) mass is 177 g/mol. The fraction of sp³-hybridized carbons (Fsp3) is 0.125. The lowest BCUT2D eigenvalue weighted by molar-refractivity contribution is 0.377. The molecule has 0 spiro atoms. The van der Waals surface area contributed by atoms with Crippen molar-refractivity contribution >= 4 is 11.2 Å². The van der Waals surface area contributed by atoms with Gasteiger partial charge in [-0.3, -0.25) is 0 Å². The molecule has 66 valence electrons. The van der Waals surface area contributed by atoms with Gasteiger partial charge in [0.1, 0.15) is 5.52 Å². The second-order valence-corrected chi connectivity index (χ2v) is 2.67. The van der Waals surface area contributed by atoms with Crippen molar-refractivity contribution in [2.45, 2.75) is 6.92 Å². The smallest absolute Gasteiger partial charge is 0.277 e. The molecule has 0 aliphatic heterocycles. The molecule has 0 fully saturated rings. The van der Waals surface area contributed by atoms with E-state index in [0.29, 0.717) is 11.2 Å². The zero-order chi connectivity index (χ0) is 9.42. The first-order valence-corrected chi connectivity index (χ1v) is 3.70. The first kappa shape index (κ1) is 7.72. The molecule has 5 heteroatoms. The van der Waals surface area contributed by atoms with E-state index in [-0.39, 0.29) is 0 Å². The van der Waals surface area contributed by atoms with E-state index in [2.05, 4.69) is 15.0 Å². The quantitative estimate of drug-likeness (QED) is 0.620. The molecule has 13 heavy (non-hydrogen) atoms. The topological polar surface area (TPSA) is 79.1 Å². The summed E-state index contributed by atoms with van der Waals surface area (Å²) in [5.41, 5.74) is 1.68. The van der Waals surface area contributed by atoms with Crippen molar-refractivity contribution in [2.75, 3.05) is 0 Å². The maximum absolute atomic E-state index is 9.09. The number of rotatable bonds is 0. The molecular weight excluding hydrogens is 170 g/mol. The molecule has 2 aromatic heterocycles. The third kappa shape index (κ3) is 1.14. The Balaban J connectivity index is 2.89. The molecule has 5 nitrogen and oxygen atoms in total. The standard InChI is InChI=1S/C8H7N3O2/c1-4-2-3-9-6-5(4)10-7(12)8(13)11-6/h2-3H,1H3,(H,10,12)(H,9,11,13). The Kier molecular flexibility index (Phi) is 1.51. The van der Waals surface area contributed by atoms with Gasteiger partial charge in [-0.1, -0.05) is 0 Å². The lowest BCUT2D eigenvalue weighted by Crippen LogP contribution is -1.90. The van der Waals surface area contributed by atoms with Gasteiger partial charge in [0.2, 0.25) is 0 Å². The van der Waals surface area contributed by atoms with Crippen LogP contribution in [0.1, 0.15) is 5.56 Å². The van der Waals surface area contributed by atoms with Gasteiger partial charge in [0.15, 0.2) is 5.65 Å². The van der Waals surface area contributed by atoms with Gasteiger partial charge in [0.05, 0.1) is 0 Å². The molecule has 2 aromatic rings. The first-order chi connectivity index (χ1) is 6.18. The molecule has 0 radical (unpaired) electrons. The number of hydrogen-bond donors (Lipinski definition) is 2. The number of pyridine rings is 1. The van der Waals surface area contributed by atoms with Crippen molar-refractivity contribution in [1.29, 1.82) is 0 Å². The summed E-state index contributed by atoms with van der Waals surface area (Å²) < 4.78 is 0. The van der Waals surface area contributed by atoms with Crippen LogP contribution in [0, 0.1) is 6.92 Å². The van der Waals surface area contributed by atoms with Gasteiger partial charge in [-0.05, 0) is 18.6 Å². The van der Waals surface area contributed by atoms with Crippen LogP contribution in [-0.2, 0) is 0 Å². The molecule has 2 rings (SSSR count). The van der Waals surface area contributed by atoms with Crippen LogP contribution < -0.4 is 0 Å². The van der Waals surface area contributed by atoms with Crippen molar-refractivity contribution in [2.24, 2.45) is 0 Å². The van der Waals surface area contributed by atoms with Crippen LogP contribution in [0.2, 0.25) is 0 Å². The van der Waals surface area contributed by atoms with E-state index in [9.17, 15) is 0 Å². The molecule has 0 aliphatic carbocycles. The maximum atomic E-state index is 9.09. The zero-order valence-electron chi connectivity index (χ0n) is 6.89. The van der Waals surface area contributed by atoms with Gasteiger partial charge < -0.3 is 10.2 Å². The largest absolute Gasteiger partial charge is 0.489 e. The lowest BCUT2D eigenvalue weighted by atomic mass is 10.2. The van der Waals surface area contributed by atoms with E-state index in [4.69, 9.17) is 10.2 Å². The van der Waals surface area contributed by atoms with E-state index >= 15 is 0 Å². The Bertz CT molecular complexity index is 470. The van der Waals surface area contributed by atoms with Gasteiger partial charge in [0.25, 0.3) is 11.8 Å². The van der Waals surface area contributed by atoms with Crippen LogP contribution in [0.3, 0.4) is 0 Å². The number of hydrogen-bond acceptors (Lipinski definition) is 5. The fourth-order valence-electron chi connectivity index (χ4n) is 1.06. The number of fused-ring (bicyclic) bond motifs is 1. The molecule has 0 aromatic carbocycles. The van der Waals surface area contributed by atoms with Crippen LogP contribution in [0.4, 0.5) is 0 Å². The Labute approximate surface area is 73.7 Å². The normalized spacial score (nSPS) is 10.5. The fourth-order valence-corrected chi connectivity index (χ4v) is 1.06. The molecule has 0 unspecified atom stereocenters. The van der Waals surface area contributed by atoms with Gasteiger partial charge in [-0.25, -0.2) is 9.97 Å². The number of aromatic hydroxyl groups is 2.